The molecule has 0 N–H and O–H groups in total. The van der Waals surface area contributed by atoms with Gasteiger partial charge in [0.05, 0.1) is 5.56 Å². The van der Waals surface area contributed by atoms with E-state index in [0.29, 0.717) is 0 Å². The molecule has 0 spiro atoms. The van der Waals surface area contributed by atoms with Gasteiger partial charge < -0.3 is 0 Å². The van der Waals surface area contributed by atoms with Crippen LogP contribution in [-0.2, 0) is 6.18 Å². The minimum absolute atomic E-state index is 0.0166. The molecule has 2 rings (SSSR count). The summed E-state index contributed by atoms with van der Waals surface area (Å²) in [4.78, 5) is 3.87. The van der Waals surface area contributed by atoms with Crippen molar-refractivity contribution < 1.29 is 13.2 Å². The SMILES string of the molecule is Cc1cn(-c2ncccc2C#N)nc1C(F)(F)F. The van der Waals surface area contributed by atoms with E-state index in [9.17, 15) is 13.2 Å². The molecule has 0 aliphatic rings. The minimum Gasteiger partial charge on any atom is -0.236 e. The Balaban J connectivity index is 2.57. The van der Waals surface area contributed by atoms with Crippen molar-refractivity contribution >= 4 is 0 Å². The van der Waals surface area contributed by atoms with Crippen LogP contribution in [0, 0.1) is 18.3 Å². The van der Waals surface area contributed by atoms with E-state index in [2.05, 4.69) is 10.1 Å². The van der Waals surface area contributed by atoms with E-state index in [1.165, 1.54) is 31.5 Å². The van der Waals surface area contributed by atoms with Crippen LogP contribution in [-0.4, -0.2) is 14.8 Å². The van der Waals surface area contributed by atoms with Crippen LogP contribution in [0.3, 0.4) is 0 Å². The van der Waals surface area contributed by atoms with E-state index in [1.54, 1.807) is 0 Å². The highest BCUT2D eigenvalue weighted by atomic mass is 19.4. The molecular weight excluding hydrogens is 245 g/mol. The number of nitrogens with zero attached hydrogens (tertiary/aromatic N) is 4. The van der Waals surface area contributed by atoms with Crippen LogP contribution in [0.5, 0.6) is 0 Å². The lowest BCUT2D eigenvalue weighted by Gasteiger charge is -2.03. The van der Waals surface area contributed by atoms with E-state index >= 15 is 0 Å². The molecule has 0 saturated heterocycles. The summed E-state index contributed by atoms with van der Waals surface area (Å²) in [6, 6.07) is 4.85. The van der Waals surface area contributed by atoms with E-state index < -0.39 is 11.9 Å². The summed E-state index contributed by atoms with van der Waals surface area (Å²) in [5, 5.41) is 12.3. The number of aryl methyl sites for hydroxylation is 1. The average Bonchev–Trinajstić information content (AvgIpc) is 2.71. The highest BCUT2D eigenvalue weighted by Gasteiger charge is 2.36. The van der Waals surface area contributed by atoms with Crippen LogP contribution in [0.4, 0.5) is 13.2 Å². The monoisotopic (exact) mass is 252 g/mol. The zero-order valence-corrected chi connectivity index (χ0v) is 9.23. The van der Waals surface area contributed by atoms with Crippen LogP contribution in [0.25, 0.3) is 5.82 Å². The van der Waals surface area contributed by atoms with Gasteiger partial charge in [-0.15, -0.1) is 0 Å². The van der Waals surface area contributed by atoms with Crippen LogP contribution >= 0.6 is 0 Å². The number of hydrogen-bond acceptors (Lipinski definition) is 3. The number of hydrogen-bond donors (Lipinski definition) is 0. The quantitative estimate of drug-likeness (QED) is 0.783. The van der Waals surface area contributed by atoms with Gasteiger partial charge >= 0.3 is 6.18 Å². The first-order valence-electron chi connectivity index (χ1n) is 4.92. The molecule has 0 amide bonds. The lowest BCUT2D eigenvalue weighted by molar-refractivity contribution is -0.141. The normalized spacial score (nSPS) is 11.3. The van der Waals surface area contributed by atoms with Crippen LogP contribution in [0.15, 0.2) is 24.5 Å². The highest BCUT2D eigenvalue weighted by Crippen LogP contribution is 2.30. The van der Waals surface area contributed by atoms with Crippen molar-refractivity contribution in [3.8, 4) is 11.9 Å². The van der Waals surface area contributed by atoms with Crippen LogP contribution in [0.2, 0.25) is 0 Å². The molecule has 4 nitrogen and oxygen atoms in total. The zero-order chi connectivity index (χ0) is 13.3. The highest BCUT2D eigenvalue weighted by molar-refractivity contribution is 5.43. The first-order chi connectivity index (χ1) is 8.43. The summed E-state index contributed by atoms with van der Waals surface area (Å²) in [6.45, 7) is 1.31. The number of pyridine rings is 1. The molecule has 0 aliphatic heterocycles. The van der Waals surface area contributed by atoms with E-state index in [-0.39, 0.29) is 16.9 Å². The largest absolute Gasteiger partial charge is 0.435 e. The van der Waals surface area contributed by atoms with Gasteiger partial charge in [0.1, 0.15) is 6.07 Å². The van der Waals surface area contributed by atoms with Gasteiger partial charge in [0.15, 0.2) is 11.5 Å². The molecular formula is C11H7F3N4. The molecule has 7 heteroatoms. The van der Waals surface area contributed by atoms with Crippen LogP contribution < -0.4 is 0 Å². The Bertz CT molecular complexity index is 622. The summed E-state index contributed by atoms with van der Waals surface area (Å²) < 4.78 is 38.8. The summed E-state index contributed by atoms with van der Waals surface area (Å²) in [5.41, 5.74) is -0.831. The van der Waals surface area contributed by atoms with Gasteiger partial charge in [-0.1, -0.05) is 0 Å². The Labute approximate surface area is 100 Å². The molecule has 0 radical (unpaired) electrons. The number of nitriles is 1. The van der Waals surface area contributed by atoms with Gasteiger partial charge in [0, 0.05) is 18.0 Å². The van der Waals surface area contributed by atoms with Gasteiger partial charge in [-0.3, -0.25) is 0 Å². The fourth-order valence-electron chi connectivity index (χ4n) is 1.52. The van der Waals surface area contributed by atoms with E-state index in [4.69, 9.17) is 5.26 Å². The zero-order valence-electron chi connectivity index (χ0n) is 9.23. The Morgan fingerprint density at radius 3 is 2.67 bits per heavy atom. The fourth-order valence-corrected chi connectivity index (χ4v) is 1.52. The number of halogens is 3. The van der Waals surface area contributed by atoms with Crippen LogP contribution in [0.1, 0.15) is 16.8 Å². The van der Waals surface area contributed by atoms with Crippen molar-refractivity contribution in [2.45, 2.75) is 13.1 Å². The third kappa shape index (κ3) is 2.05. The Kier molecular flexibility index (Phi) is 2.79. The predicted molar refractivity (Wildman–Crippen MR) is 55.8 cm³/mol. The fraction of sp³-hybridized carbons (Fsp3) is 0.182. The second-order valence-electron chi connectivity index (χ2n) is 3.59. The lowest BCUT2D eigenvalue weighted by atomic mass is 10.2. The lowest BCUT2D eigenvalue weighted by Crippen LogP contribution is -2.09. The van der Waals surface area contributed by atoms with Crippen molar-refractivity contribution in [3.63, 3.8) is 0 Å². The maximum atomic E-state index is 12.6. The standard InChI is InChI=1S/C11H7F3N4/c1-7-6-18(17-9(7)11(12,13)14)10-8(5-15)3-2-4-16-10/h2-4,6H,1H3. The van der Waals surface area contributed by atoms with Gasteiger partial charge in [-0.2, -0.15) is 23.5 Å². The van der Waals surface area contributed by atoms with Gasteiger partial charge in [-0.25, -0.2) is 9.67 Å². The molecule has 2 aromatic heterocycles. The Hall–Kier alpha value is -2.36. The number of alkyl halides is 3. The molecule has 0 saturated carbocycles. The second kappa shape index (κ2) is 4.14. The first-order valence-corrected chi connectivity index (χ1v) is 4.92. The van der Waals surface area contributed by atoms with Crippen molar-refractivity contribution in [2.24, 2.45) is 0 Å². The molecule has 0 fully saturated rings. The molecule has 92 valence electrons. The smallest absolute Gasteiger partial charge is 0.236 e. The molecule has 18 heavy (non-hydrogen) atoms. The van der Waals surface area contributed by atoms with Crippen molar-refractivity contribution in [3.05, 3.63) is 41.3 Å². The molecule has 0 bridgehead atoms. The van der Waals surface area contributed by atoms with Crippen molar-refractivity contribution in [2.75, 3.05) is 0 Å². The number of rotatable bonds is 1. The minimum atomic E-state index is -4.52. The average molecular weight is 252 g/mol. The molecule has 0 unspecified atom stereocenters. The molecule has 0 aromatic carbocycles. The predicted octanol–water partition coefficient (Wildman–Crippen LogP) is 2.47. The summed E-state index contributed by atoms with van der Waals surface area (Å²) in [6.07, 6.45) is -1.93. The molecule has 0 atom stereocenters. The molecule has 0 aliphatic carbocycles. The van der Waals surface area contributed by atoms with E-state index in [1.807, 2.05) is 6.07 Å². The van der Waals surface area contributed by atoms with E-state index in [0.717, 1.165) is 4.68 Å². The maximum absolute atomic E-state index is 12.6. The summed E-state index contributed by atoms with van der Waals surface area (Å²) in [7, 11) is 0. The topological polar surface area (TPSA) is 54.5 Å². The van der Waals surface area contributed by atoms with Gasteiger partial charge in [0.2, 0.25) is 0 Å². The second-order valence-corrected chi connectivity index (χ2v) is 3.59. The first kappa shape index (κ1) is 12.1. The Morgan fingerprint density at radius 2 is 2.11 bits per heavy atom. The van der Waals surface area contributed by atoms with Gasteiger partial charge in [0.25, 0.3) is 0 Å². The third-order valence-corrected chi connectivity index (χ3v) is 2.29. The maximum Gasteiger partial charge on any atom is 0.435 e. The molecule has 2 heterocycles. The molecule has 2 aromatic rings. The third-order valence-electron chi connectivity index (χ3n) is 2.29. The Morgan fingerprint density at radius 1 is 1.39 bits per heavy atom. The van der Waals surface area contributed by atoms with Crippen molar-refractivity contribution in [1.82, 2.24) is 14.8 Å². The summed E-state index contributed by atoms with van der Waals surface area (Å²) in [5.74, 6) is 0.0820. The number of aromatic nitrogens is 3. The van der Waals surface area contributed by atoms with Gasteiger partial charge in [-0.05, 0) is 19.1 Å². The van der Waals surface area contributed by atoms with Crippen molar-refractivity contribution in [1.29, 1.82) is 5.26 Å². The summed E-state index contributed by atoms with van der Waals surface area (Å²) >= 11 is 0.